The number of likely N-dealkylation sites (N-methyl/N-ethyl adjacent to an activating group) is 1. The highest BCUT2D eigenvalue weighted by Crippen LogP contribution is 2.43. The number of amides is 1. The van der Waals surface area contributed by atoms with Crippen molar-refractivity contribution in [1.29, 1.82) is 0 Å². The van der Waals surface area contributed by atoms with Crippen molar-refractivity contribution in [2.75, 3.05) is 40.9 Å². The Morgan fingerprint density at radius 1 is 0.472 bits per heavy atom. The molecule has 0 saturated carbocycles. The van der Waals surface area contributed by atoms with E-state index in [0.717, 1.165) is 83.5 Å². The van der Waals surface area contributed by atoms with Crippen LogP contribution in [0.15, 0.2) is 24.3 Å². The van der Waals surface area contributed by atoms with Gasteiger partial charge < -0.3 is 19.4 Å². The van der Waals surface area contributed by atoms with Crippen molar-refractivity contribution in [2.24, 2.45) is 0 Å². The maximum absolute atomic E-state index is 13.5. The molecule has 0 radical (unpaired) electrons. The number of nitrogens with zero attached hydrogens (tertiary/aromatic N) is 1. The number of carbonyl (C=O) groups excluding carboxylic acids is 2. The summed E-state index contributed by atoms with van der Waals surface area (Å²) in [4.78, 5) is 37.6. The molecule has 1 amide bonds. The molecule has 10 heteroatoms. The summed E-state index contributed by atoms with van der Waals surface area (Å²) in [7, 11) is 1.51. The first-order valence-corrected chi connectivity index (χ1v) is 32.7. The van der Waals surface area contributed by atoms with Gasteiger partial charge in [0.1, 0.15) is 19.3 Å². The number of phosphoric ester groups is 1. The fraction of sp³-hybridized carbons (Fsp3) is 0.903. The summed E-state index contributed by atoms with van der Waals surface area (Å²) in [6.45, 7) is 7.01. The second-order valence-corrected chi connectivity index (χ2v) is 24.0. The van der Waals surface area contributed by atoms with Crippen LogP contribution in [0, 0.1) is 0 Å². The standard InChI is InChI=1S/C62H121N2O7P/c1-7-10-13-16-19-22-25-27-28-29-30-31-32-33-34-35-36-37-40-42-45-48-51-54-61(65)63-59(58-70-72(67,68)69-57-56-64(4,5)6)60(53-50-47-44-41-39-26-23-20-17-14-11-8-2)71-62(66)55-52-49-46-43-38-24-21-18-15-12-9-3/h18,21,50,53,59-60H,7-17,19-20,22-49,51-52,54-58H2,1-6H3,(H-,63,65,67,68)/p+1/b21-18-,53-50-. The minimum absolute atomic E-state index is 0.0423. The zero-order chi connectivity index (χ0) is 52.9. The molecule has 3 atom stereocenters. The van der Waals surface area contributed by atoms with Crippen LogP contribution >= 0.6 is 7.82 Å². The first-order chi connectivity index (χ1) is 34.9. The molecule has 0 aliphatic carbocycles. The average molecular weight is 1040 g/mol. The van der Waals surface area contributed by atoms with Crippen molar-refractivity contribution >= 4 is 19.7 Å². The lowest BCUT2D eigenvalue weighted by atomic mass is 10.0. The van der Waals surface area contributed by atoms with E-state index in [1.54, 1.807) is 0 Å². The molecule has 72 heavy (non-hydrogen) atoms. The summed E-state index contributed by atoms with van der Waals surface area (Å²) in [5, 5.41) is 3.06. The van der Waals surface area contributed by atoms with Gasteiger partial charge in [0, 0.05) is 12.8 Å². The summed E-state index contributed by atoms with van der Waals surface area (Å²) in [5.74, 6) is -0.502. The van der Waals surface area contributed by atoms with Gasteiger partial charge in [-0.05, 0) is 51.0 Å². The van der Waals surface area contributed by atoms with Crippen LogP contribution in [0.1, 0.15) is 310 Å². The van der Waals surface area contributed by atoms with Crippen LogP contribution in [-0.4, -0.2) is 74.3 Å². The van der Waals surface area contributed by atoms with Crippen LogP contribution in [0.4, 0.5) is 0 Å². The van der Waals surface area contributed by atoms with E-state index in [0.29, 0.717) is 17.4 Å². The molecule has 0 rings (SSSR count). The van der Waals surface area contributed by atoms with Crippen molar-refractivity contribution in [3.63, 3.8) is 0 Å². The Morgan fingerprint density at radius 3 is 1.22 bits per heavy atom. The van der Waals surface area contributed by atoms with E-state index in [2.05, 4.69) is 38.2 Å². The number of hydrogen-bond acceptors (Lipinski definition) is 6. The smallest absolute Gasteiger partial charge is 0.456 e. The summed E-state index contributed by atoms with van der Waals surface area (Å²) in [6, 6.07) is -0.845. The maximum Gasteiger partial charge on any atom is 0.472 e. The van der Waals surface area contributed by atoms with E-state index in [9.17, 15) is 19.0 Å². The van der Waals surface area contributed by atoms with E-state index in [1.807, 2.05) is 33.3 Å². The molecule has 9 nitrogen and oxygen atoms in total. The second-order valence-electron chi connectivity index (χ2n) is 22.6. The van der Waals surface area contributed by atoms with E-state index in [-0.39, 0.29) is 31.5 Å². The topological polar surface area (TPSA) is 111 Å². The highest BCUT2D eigenvalue weighted by atomic mass is 31.2. The predicted molar refractivity (Wildman–Crippen MR) is 310 cm³/mol. The average Bonchev–Trinajstić information content (AvgIpc) is 3.34. The molecule has 0 bridgehead atoms. The fourth-order valence-corrected chi connectivity index (χ4v) is 10.0. The predicted octanol–water partition coefficient (Wildman–Crippen LogP) is 18.9. The summed E-state index contributed by atoms with van der Waals surface area (Å²) < 4.78 is 30.6. The van der Waals surface area contributed by atoms with Gasteiger partial charge in [-0.15, -0.1) is 0 Å². The van der Waals surface area contributed by atoms with Crippen LogP contribution in [0.2, 0.25) is 0 Å². The van der Waals surface area contributed by atoms with Crippen molar-refractivity contribution in [2.45, 2.75) is 322 Å². The van der Waals surface area contributed by atoms with Gasteiger partial charge >= 0.3 is 13.8 Å². The van der Waals surface area contributed by atoms with Gasteiger partial charge in [-0.3, -0.25) is 18.6 Å². The summed E-state index contributed by atoms with van der Waals surface area (Å²) in [6.07, 6.45) is 61.9. The zero-order valence-electron chi connectivity index (χ0n) is 48.7. The van der Waals surface area contributed by atoms with E-state index in [1.165, 1.54) is 193 Å². The lowest BCUT2D eigenvalue weighted by Gasteiger charge is -2.27. The molecule has 0 spiro atoms. The number of nitrogens with one attached hydrogen (secondary N) is 1. The Balaban J connectivity index is 5.07. The van der Waals surface area contributed by atoms with E-state index < -0.39 is 20.0 Å². The highest BCUT2D eigenvalue weighted by molar-refractivity contribution is 7.47. The van der Waals surface area contributed by atoms with Crippen LogP contribution in [-0.2, 0) is 27.9 Å². The van der Waals surface area contributed by atoms with Crippen molar-refractivity contribution in [3.05, 3.63) is 24.3 Å². The quantitative estimate of drug-likeness (QED) is 0.0205. The van der Waals surface area contributed by atoms with Gasteiger partial charge in [0.15, 0.2) is 0 Å². The molecule has 426 valence electrons. The Labute approximate surface area is 447 Å². The van der Waals surface area contributed by atoms with Gasteiger partial charge in [-0.2, -0.15) is 0 Å². The van der Waals surface area contributed by atoms with E-state index >= 15 is 0 Å². The third-order valence-electron chi connectivity index (χ3n) is 14.1. The molecule has 0 aromatic rings. The number of rotatable bonds is 57. The number of unbranched alkanes of at least 4 members (excludes halogenated alkanes) is 39. The molecule has 3 unspecified atom stereocenters. The van der Waals surface area contributed by atoms with E-state index in [4.69, 9.17) is 13.8 Å². The molecule has 0 aliphatic rings. The number of hydrogen-bond donors (Lipinski definition) is 2. The van der Waals surface area contributed by atoms with Crippen molar-refractivity contribution in [1.82, 2.24) is 5.32 Å². The lowest BCUT2D eigenvalue weighted by molar-refractivity contribution is -0.870. The Morgan fingerprint density at radius 2 is 0.819 bits per heavy atom. The molecule has 0 fully saturated rings. The number of phosphoric acid groups is 1. The number of carbonyl (C=O) groups is 2. The number of quaternary nitrogens is 1. The molecule has 2 N–H and O–H groups in total. The minimum atomic E-state index is -4.44. The third-order valence-corrected chi connectivity index (χ3v) is 15.1. The maximum atomic E-state index is 13.5. The molecule has 0 saturated heterocycles. The fourth-order valence-electron chi connectivity index (χ4n) is 9.28. The number of ether oxygens (including phenoxy) is 1. The highest BCUT2D eigenvalue weighted by Gasteiger charge is 2.30. The molecule has 0 aromatic heterocycles. The first kappa shape index (κ1) is 70.5. The molecular formula is C62H122N2O7P+. The zero-order valence-corrected chi connectivity index (χ0v) is 49.6. The summed E-state index contributed by atoms with van der Waals surface area (Å²) >= 11 is 0. The Hall–Kier alpha value is -1.51. The van der Waals surface area contributed by atoms with Crippen LogP contribution in [0.25, 0.3) is 0 Å². The SMILES string of the molecule is CCCC/C=C\CCCCCCCC(=O)OC(/C=C\CCCCCCCCCCCC)C(COP(=O)(O)OCC[N+](C)(C)C)NC(=O)CCCCCCCCCCCCCCCCCCCCCCCCC. The Bertz CT molecular complexity index is 1290. The lowest BCUT2D eigenvalue weighted by Crippen LogP contribution is -2.47. The number of allylic oxidation sites excluding steroid dienone is 3. The monoisotopic (exact) mass is 1040 g/mol. The van der Waals surface area contributed by atoms with Gasteiger partial charge in [-0.25, -0.2) is 4.57 Å². The second kappa shape index (κ2) is 52.9. The molecule has 0 aromatic carbocycles. The van der Waals surface area contributed by atoms with Crippen LogP contribution in [0.3, 0.4) is 0 Å². The largest absolute Gasteiger partial charge is 0.472 e. The first-order valence-electron chi connectivity index (χ1n) is 31.2. The minimum Gasteiger partial charge on any atom is -0.456 e. The van der Waals surface area contributed by atoms with Gasteiger partial charge in [0.05, 0.1) is 33.8 Å². The summed E-state index contributed by atoms with van der Waals surface area (Å²) in [5.41, 5.74) is 0. The van der Waals surface area contributed by atoms with Crippen molar-refractivity contribution < 1.29 is 37.3 Å². The van der Waals surface area contributed by atoms with Crippen molar-refractivity contribution in [3.8, 4) is 0 Å². The molecule has 0 heterocycles. The number of esters is 1. The van der Waals surface area contributed by atoms with Gasteiger partial charge in [0.25, 0.3) is 0 Å². The molecular weight excluding hydrogens is 916 g/mol. The van der Waals surface area contributed by atoms with Gasteiger partial charge in [-0.1, -0.05) is 270 Å². The van der Waals surface area contributed by atoms with Crippen LogP contribution in [0.5, 0.6) is 0 Å². The van der Waals surface area contributed by atoms with Gasteiger partial charge in [0.2, 0.25) is 5.91 Å². The normalized spacial score (nSPS) is 13.8. The molecule has 0 aliphatic heterocycles. The Kier molecular flexibility index (Phi) is 51.8. The van der Waals surface area contributed by atoms with Crippen LogP contribution < -0.4 is 5.32 Å². The third kappa shape index (κ3) is 53.3.